The Labute approximate surface area is 350 Å². The molecule has 11 rings (SSSR count). The molecule has 0 aliphatic heterocycles. The fourth-order valence-electron chi connectivity index (χ4n) is 9.01. The summed E-state index contributed by atoms with van der Waals surface area (Å²) >= 11 is 0. The second kappa shape index (κ2) is 15.1. The highest BCUT2D eigenvalue weighted by Gasteiger charge is 2.21. The smallest absolute Gasteiger partial charge is 0.0553 e. The van der Waals surface area contributed by atoms with Gasteiger partial charge in [-0.25, -0.2) is 0 Å². The van der Waals surface area contributed by atoms with E-state index in [9.17, 15) is 0 Å². The first kappa shape index (κ1) is 35.2. The number of anilines is 3. The fraction of sp³-hybridized carbons (Fsp3) is 0. The van der Waals surface area contributed by atoms with Crippen LogP contribution in [0.1, 0.15) is 0 Å². The zero-order valence-electron chi connectivity index (χ0n) is 33.0. The molecule has 0 bridgehead atoms. The monoisotopic (exact) mass is 764 g/mol. The number of hydrogen-bond acceptors (Lipinski definition) is 1. The lowest BCUT2D eigenvalue weighted by atomic mass is 9.93. The second-order valence-corrected chi connectivity index (χ2v) is 15.3. The van der Waals surface area contributed by atoms with Crippen LogP contribution in [0, 0.1) is 0 Å². The van der Waals surface area contributed by atoms with E-state index in [4.69, 9.17) is 0 Å². The maximum atomic E-state index is 2.42. The maximum Gasteiger partial charge on any atom is 0.0553 e. The van der Waals surface area contributed by atoms with Crippen LogP contribution in [0.2, 0.25) is 0 Å². The van der Waals surface area contributed by atoms with Crippen molar-refractivity contribution >= 4 is 49.6 Å². The molecule has 11 aromatic rings. The van der Waals surface area contributed by atoms with Crippen LogP contribution in [0.5, 0.6) is 0 Å². The summed E-state index contributed by atoms with van der Waals surface area (Å²) in [5.74, 6) is 0. The second-order valence-electron chi connectivity index (χ2n) is 15.3. The molecule has 0 amide bonds. The summed E-state index contributed by atoms with van der Waals surface area (Å²) in [7, 11) is 0. The summed E-state index contributed by atoms with van der Waals surface area (Å²) in [6.07, 6.45) is 0. The van der Waals surface area contributed by atoms with E-state index >= 15 is 0 Å². The van der Waals surface area contributed by atoms with Gasteiger partial charge in [-0.15, -0.1) is 0 Å². The molecule has 10 aromatic carbocycles. The molecular formula is C58H40N2. The van der Waals surface area contributed by atoms with Crippen LogP contribution in [0.4, 0.5) is 17.1 Å². The van der Waals surface area contributed by atoms with Gasteiger partial charge in [0.2, 0.25) is 0 Å². The van der Waals surface area contributed by atoms with Crippen molar-refractivity contribution in [2.45, 2.75) is 0 Å². The fourth-order valence-corrected chi connectivity index (χ4v) is 9.01. The average Bonchev–Trinajstić information content (AvgIpc) is 3.67. The minimum Gasteiger partial charge on any atom is -0.310 e. The third kappa shape index (κ3) is 6.23. The van der Waals surface area contributed by atoms with Crippen molar-refractivity contribution in [1.29, 1.82) is 0 Å². The highest BCUT2D eigenvalue weighted by molar-refractivity contribution is 6.17. The first-order chi connectivity index (χ1) is 29.8. The van der Waals surface area contributed by atoms with Crippen molar-refractivity contribution in [3.8, 4) is 50.2 Å². The molecule has 0 aliphatic rings. The molecule has 0 atom stereocenters. The van der Waals surface area contributed by atoms with Gasteiger partial charge >= 0.3 is 0 Å². The number of hydrogen-bond donors (Lipinski definition) is 0. The van der Waals surface area contributed by atoms with Gasteiger partial charge in [-0.3, -0.25) is 0 Å². The number of para-hydroxylation sites is 3. The predicted octanol–water partition coefficient (Wildman–Crippen LogP) is 16.1. The van der Waals surface area contributed by atoms with Crippen molar-refractivity contribution in [1.82, 2.24) is 4.57 Å². The quantitative estimate of drug-likeness (QED) is 0.150. The van der Waals surface area contributed by atoms with Gasteiger partial charge in [0.05, 0.1) is 16.7 Å². The van der Waals surface area contributed by atoms with Gasteiger partial charge in [-0.2, -0.15) is 0 Å². The van der Waals surface area contributed by atoms with Crippen LogP contribution in [-0.4, -0.2) is 4.57 Å². The van der Waals surface area contributed by atoms with E-state index in [2.05, 4.69) is 252 Å². The highest BCUT2D eigenvalue weighted by Crippen LogP contribution is 2.45. The SMILES string of the molecule is c1ccc(-c2cc(-c3cccc(N(c4ccc(-c5cccc6ccccc56)cc4)c4ccccc4-c4ccccc4)c3)c3c4ccccc4n(-c4ccccc4)c3c2)cc1. The van der Waals surface area contributed by atoms with Crippen molar-refractivity contribution in [2.24, 2.45) is 0 Å². The summed E-state index contributed by atoms with van der Waals surface area (Å²) in [5.41, 5.74) is 16.3. The van der Waals surface area contributed by atoms with Gasteiger partial charge in [0.1, 0.15) is 0 Å². The number of aromatic nitrogens is 1. The minimum absolute atomic E-state index is 1.08. The van der Waals surface area contributed by atoms with E-state index in [0.29, 0.717) is 0 Å². The number of rotatable bonds is 8. The van der Waals surface area contributed by atoms with Crippen molar-refractivity contribution in [3.05, 3.63) is 243 Å². The lowest BCUT2D eigenvalue weighted by molar-refractivity contribution is 1.18. The Morgan fingerprint density at radius 3 is 1.68 bits per heavy atom. The van der Waals surface area contributed by atoms with E-state index < -0.39 is 0 Å². The molecule has 2 heteroatoms. The molecule has 60 heavy (non-hydrogen) atoms. The third-order valence-corrected chi connectivity index (χ3v) is 11.8. The zero-order chi connectivity index (χ0) is 39.8. The number of fused-ring (bicyclic) bond motifs is 4. The van der Waals surface area contributed by atoms with Crippen molar-refractivity contribution in [3.63, 3.8) is 0 Å². The van der Waals surface area contributed by atoms with Gasteiger partial charge in [-0.1, -0.05) is 182 Å². The van der Waals surface area contributed by atoms with Crippen LogP contribution >= 0.6 is 0 Å². The summed E-state index contributed by atoms with van der Waals surface area (Å²) in [4.78, 5) is 2.42. The molecule has 0 saturated carbocycles. The lowest BCUT2D eigenvalue weighted by Crippen LogP contribution is -2.11. The Bertz CT molecular complexity index is 3290. The summed E-state index contributed by atoms with van der Waals surface area (Å²) in [6.45, 7) is 0. The van der Waals surface area contributed by atoms with Crippen molar-refractivity contribution in [2.75, 3.05) is 4.90 Å². The standard InChI is InChI=1S/C58H40N2/c1-4-18-41(19-5-1)46-39-54(58-53-30-13-15-33-56(53)60(57(58)40-46)47-25-8-3-9-26-47)45-24-16-27-49(38-45)59(55-32-14-12-29-52(55)43-20-6-2-7-21-43)48-36-34-44(35-37-48)51-31-17-23-42-22-10-11-28-50(42)51/h1-40H. The van der Waals surface area contributed by atoms with Crippen LogP contribution in [0.3, 0.4) is 0 Å². The average molecular weight is 765 g/mol. The summed E-state index contributed by atoms with van der Waals surface area (Å²) < 4.78 is 2.42. The van der Waals surface area contributed by atoms with E-state index in [-0.39, 0.29) is 0 Å². The highest BCUT2D eigenvalue weighted by atomic mass is 15.1. The van der Waals surface area contributed by atoms with E-state index in [1.807, 2.05) is 0 Å². The van der Waals surface area contributed by atoms with Crippen LogP contribution in [-0.2, 0) is 0 Å². The topological polar surface area (TPSA) is 8.17 Å². The maximum absolute atomic E-state index is 2.42. The first-order valence-corrected chi connectivity index (χ1v) is 20.6. The molecule has 0 radical (unpaired) electrons. The van der Waals surface area contributed by atoms with E-state index in [1.165, 1.54) is 71.5 Å². The largest absolute Gasteiger partial charge is 0.310 e. The van der Waals surface area contributed by atoms with Crippen LogP contribution in [0.25, 0.3) is 82.8 Å². The molecule has 282 valence electrons. The third-order valence-electron chi connectivity index (χ3n) is 11.8. The minimum atomic E-state index is 1.08. The molecule has 0 N–H and O–H groups in total. The van der Waals surface area contributed by atoms with E-state index in [0.717, 1.165) is 28.3 Å². The lowest BCUT2D eigenvalue weighted by Gasteiger charge is -2.28. The normalized spacial score (nSPS) is 11.3. The first-order valence-electron chi connectivity index (χ1n) is 20.6. The van der Waals surface area contributed by atoms with Crippen molar-refractivity contribution < 1.29 is 0 Å². The van der Waals surface area contributed by atoms with Gasteiger partial charge in [0.15, 0.2) is 0 Å². The molecule has 0 unspecified atom stereocenters. The molecule has 0 aliphatic carbocycles. The Hall–Kier alpha value is -7.94. The molecular weight excluding hydrogens is 725 g/mol. The number of benzene rings is 10. The summed E-state index contributed by atoms with van der Waals surface area (Å²) in [6, 6.07) is 87.9. The molecule has 1 aromatic heterocycles. The number of nitrogens with zero attached hydrogens (tertiary/aromatic N) is 2. The van der Waals surface area contributed by atoms with E-state index in [1.54, 1.807) is 0 Å². The predicted molar refractivity (Wildman–Crippen MR) is 255 cm³/mol. The molecule has 0 spiro atoms. The van der Waals surface area contributed by atoms with Crippen LogP contribution in [0.15, 0.2) is 243 Å². The van der Waals surface area contributed by atoms with Crippen LogP contribution < -0.4 is 4.90 Å². The Morgan fingerprint density at radius 2 is 0.883 bits per heavy atom. The molecule has 1 heterocycles. The summed E-state index contributed by atoms with van der Waals surface area (Å²) in [5, 5.41) is 4.96. The Kier molecular flexibility index (Phi) is 8.87. The van der Waals surface area contributed by atoms with Gasteiger partial charge in [0, 0.05) is 33.4 Å². The van der Waals surface area contributed by atoms with Gasteiger partial charge < -0.3 is 9.47 Å². The Morgan fingerprint density at radius 1 is 0.300 bits per heavy atom. The molecule has 0 fully saturated rings. The zero-order valence-corrected chi connectivity index (χ0v) is 33.0. The molecule has 2 nitrogen and oxygen atoms in total. The Balaban J connectivity index is 1.14. The van der Waals surface area contributed by atoms with Gasteiger partial charge in [-0.05, 0) is 110 Å². The molecule has 0 saturated heterocycles. The van der Waals surface area contributed by atoms with Gasteiger partial charge in [0.25, 0.3) is 0 Å².